The molecule has 0 aliphatic carbocycles. The number of aliphatic hydroxyl groups is 2. The van der Waals surface area contributed by atoms with Crippen LogP contribution in [0.25, 0.3) is 0 Å². The molecule has 2 heterocycles. The van der Waals surface area contributed by atoms with Crippen molar-refractivity contribution in [3.05, 3.63) is 35.9 Å². The van der Waals surface area contributed by atoms with Crippen LogP contribution >= 0.6 is 0 Å². The minimum Gasteiger partial charge on any atom is -0.467 e. The highest BCUT2D eigenvalue weighted by Crippen LogP contribution is 2.23. The second kappa shape index (κ2) is 10.7. The Hall–Kier alpha value is -2.00. The lowest BCUT2D eigenvalue weighted by Gasteiger charge is -2.37. The van der Waals surface area contributed by atoms with E-state index in [1.165, 1.54) is 19.8 Å². The van der Waals surface area contributed by atoms with Gasteiger partial charge in [-0.25, -0.2) is 9.59 Å². The van der Waals surface area contributed by atoms with Gasteiger partial charge in [0.15, 0.2) is 11.2 Å². The molecule has 3 rings (SSSR count). The van der Waals surface area contributed by atoms with Gasteiger partial charge in [-0.1, -0.05) is 30.3 Å². The molecule has 29 heavy (non-hydrogen) atoms. The Morgan fingerprint density at radius 1 is 1.03 bits per heavy atom. The van der Waals surface area contributed by atoms with E-state index in [0.29, 0.717) is 25.9 Å². The van der Waals surface area contributed by atoms with Gasteiger partial charge < -0.3 is 25.0 Å². The van der Waals surface area contributed by atoms with Crippen molar-refractivity contribution < 1.29 is 29.3 Å². The van der Waals surface area contributed by atoms with Crippen molar-refractivity contribution in [3.8, 4) is 0 Å². The summed E-state index contributed by atoms with van der Waals surface area (Å²) in [5.74, 6) is -1.06. The molecule has 0 radical (unpaired) electrons. The SMILES string of the molecule is COC(=O)C1(O)CCCN(Cc2ccccc2)C1.COC(=O)C1(O)CCCNC1. The molecule has 0 aromatic heterocycles. The fourth-order valence-corrected chi connectivity index (χ4v) is 3.71. The number of nitrogens with one attached hydrogen (secondary N) is 1. The van der Waals surface area contributed by atoms with E-state index in [2.05, 4.69) is 19.7 Å². The number of hydrogen-bond acceptors (Lipinski definition) is 8. The molecule has 0 amide bonds. The van der Waals surface area contributed by atoms with E-state index in [-0.39, 0.29) is 0 Å². The third kappa shape index (κ3) is 6.50. The topological polar surface area (TPSA) is 108 Å². The van der Waals surface area contributed by atoms with Crippen LogP contribution in [-0.4, -0.2) is 78.7 Å². The summed E-state index contributed by atoms with van der Waals surface area (Å²) in [6.07, 6.45) is 2.58. The van der Waals surface area contributed by atoms with Gasteiger partial charge in [-0.3, -0.25) is 4.90 Å². The second-order valence-corrected chi connectivity index (χ2v) is 7.63. The summed E-state index contributed by atoms with van der Waals surface area (Å²) in [4.78, 5) is 24.7. The van der Waals surface area contributed by atoms with Gasteiger partial charge in [0.25, 0.3) is 0 Å². The van der Waals surface area contributed by atoms with Crippen molar-refractivity contribution in [2.24, 2.45) is 0 Å². The van der Waals surface area contributed by atoms with Crippen LogP contribution in [0.4, 0.5) is 0 Å². The van der Waals surface area contributed by atoms with E-state index in [4.69, 9.17) is 0 Å². The van der Waals surface area contributed by atoms with Crippen molar-refractivity contribution >= 4 is 11.9 Å². The molecule has 162 valence electrons. The fraction of sp³-hybridized carbons (Fsp3) is 0.619. The summed E-state index contributed by atoms with van der Waals surface area (Å²) in [5.41, 5.74) is -1.44. The van der Waals surface area contributed by atoms with Crippen LogP contribution in [0.5, 0.6) is 0 Å². The van der Waals surface area contributed by atoms with Crippen molar-refractivity contribution in [2.45, 2.75) is 43.4 Å². The van der Waals surface area contributed by atoms with Gasteiger partial charge >= 0.3 is 11.9 Å². The first-order valence-corrected chi connectivity index (χ1v) is 9.91. The van der Waals surface area contributed by atoms with Crippen LogP contribution in [0.15, 0.2) is 30.3 Å². The van der Waals surface area contributed by atoms with Crippen molar-refractivity contribution in [2.75, 3.05) is 40.4 Å². The van der Waals surface area contributed by atoms with Crippen molar-refractivity contribution in [1.82, 2.24) is 10.2 Å². The van der Waals surface area contributed by atoms with E-state index in [9.17, 15) is 19.8 Å². The third-order valence-electron chi connectivity index (χ3n) is 5.29. The summed E-state index contributed by atoms with van der Waals surface area (Å²) in [6.45, 7) is 3.15. The maximum absolute atomic E-state index is 11.6. The van der Waals surface area contributed by atoms with Crippen LogP contribution in [0.3, 0.4) is 0 Å². The lowest BCUT2D eigenvalue weighted by atomic mass is 9.92. The zero-order valence-electron chi connectivity index (χ0n) is 17.2. The van der Waals surface area contributed by atoms with Crippen LogP contribution in [-0.2, 0) is 25.6 Å². The number of esters is 2. The third-order valence-corrected chi connectivity index (χ3v) is 5.29. The predicted molar refractivity (Wildman–Crippen MR) is 107 cm³/mol. The Balaban J connectivity index is 0.000000234. The summed E-state index contributed by atoms with van der Waals surface area (Å²) in [7, 11) is 2.60. The number of benzene rings is 1. The Morgan fingerprint density at radius 2 is 1.66 bits per heavy atom. The molecule has 0 saturated carbocycles. The van der Waals surface area contributed by atoms with Gasteiger partial charge in [-0.15, -0.1) is 0 Å². The van der Waals surface area contributed by atoms with Gasteiger partial charge in [-0.2, -0.15) is 0 Å². The molecule has 2 fully saturated rings. The fourth-order valence-electron chi connectivity index (χ4n) is 3.71. The van der Waals surface area contributed by atoms with Crippen LogP contribution in [0.2, 0.25) is 0 Å². The van der Waals surface area contributed by atoms with Gasteiger partial charge in [0.1, 0.15) is 0 Å². The number of methoxy groups -OCH3 is 2. The van der Waals surface area contributed by atoms with Crippen LogP contribution < -0.4 is 5.32 Å². The number of likely N-dealkylation sites (tertiary alicyclic amines) is 1. The van der Waals surface area contributed by atoms with E-state index >= 15 is 0 Å². The number of carbonyl (C=O) groups is 2. The molecule has 1 aromatic rings. The normalized spacial score (nSPS) is 27.3. The highest BCUT2D eigenvalue weighted by Gasteiger charge is 2.41. The second-order valence-electron chi connectivity index (χ2n) is 7.63. The lowest BCUT2D eigenvalue weighted by Crippen LogP contribution is -2.53. The summed E-state index contributed by atoms with van der Waals surface area (Å²) in [5, 5.41) is 22.8. The molecule has 0 bridgehead atoms. The number of ether oxygens (including phenoxy) is 2. The maximum Gasteiger partial charge on any atom is 0.339 e. The Bertz CT molecular complexity index is 662. The molecule has 3 N–H and O–H groups in total. The molecule has 2 saturated heterocycles. The minimum atomic E-state index is -1.35. The van der Waals surface area contributed by atoms with Gasteiger partial charge in [-0.05, 0) is 44.3 Å². The number of piperidine rings is 2. The van der Waals surface area contributed by atoms with Gasteiger partial charge in [0.05, 0.1) is 14.2 Å². The van der Waals surface area contributed by atoms with Gasteiger partial charge in [0, 0.05) is 19.6 Å². The van der Waals surface area contributed by atoms with Crippen molar-refractivity contribution in [3.63, 3.8) is 0 Å². The van der Waals surface area contributed by atoms with Crippen LogP contribution in [0, 0.1) is 0 Å². The number of β-amino-alcohol motifs (C(OH)–C–C–N with tert-alkyl or cyclic N) is 2. The molecular weight excluding hydrogens is 376 g/mol. The molecule has 0 spiro atoms. The first-order chi connectivity index (χ1) is 13.8. The average Bonchev–Trinajstić information content (AvgIpc) is 2.74. The largest absolute Gasteiger partial charge is 0.467 e. The predicted octanol–water partition coefficient (Wildman–Crippen LogP) is 0.460. The molecule has 1 aromatic carbocycles. The highest BCUT2D eigenvalue weighted by molar-refractivity contribution is 5.80. The average molecular weight is 408 g/mol. The summed E-state index contributed by atoms with van der Waals surface area (Å²) >= 11 is 0. The van der Waals surface area contributed by atoms with Crippen LogP contribution in [0.1, 0.15) is 31.2 Å². The Morgan fingerprint density at radius 3 is 2.24 bits per heavy atom. The molecule has 2 aliphatic rings. The van der Waals surface area contributed by atoms with E-state index in [1.807, 2.05) is 30.3 Å². The first kappa shape index (κ1) is 23.3. The Kier molecular flexibility index (Phi) is 8.58. The van der Waals surface area contributed by atoms with Crippen molar-refractivity contribution in [1.29, 1.82) is 0 Å². The number of rotatable bonds is 4. The van der Waals surface area contributed by atoms with E-state index in [0.717, 1.165) is 32.5 Å². The maximum atomic E-state index is 11.6. The zero-order chi connectivity index (χ0) is 21.3. The lowest BCUT2D eigenvalue weighted by molar-refractivity contribution is -0.168. The zero-order valence-corrected chi connectivity index (χ0v) is 17.2. The smallest absolute Gasteiger partial charge is 0.339 e. The summed E-state index contributed by atoms with van der Waals surface area (Å²) < 4.78 is 9.14. The standard InChI is InChI=1S/C14H19NO3.C7H13NO3/c1-18-13(16)14(17)8-5-9-15(11-14)10-12-6-3-2-4-7-12;1-11-6(9)7(10)3-2-4-8-5-7/h2-4,6-7,17H,5,8-11H2,1H3;8,10H,2-5H2,1H3. The minimum absolute atomic E-state index is 0.305. The van der Waals surface area contributed by atoms with E-state index < -0.39 is 23.1 Å². The van der Waals surface area contributed by atoms with Gasteiger partial charge in [0.2, 0.25) is 0 Å². The highest BCUT2D eigenvalue weighted by atomic mass is 16.5. The summed E-state index contributed by atoms with van der Waals surface area (Å²) in [6, 6.07) is 10.1. The number of carbonyl (C=O) groups excluding carboxylic acids is 2. The molecule has 2 aliphatic heterocycles. The molecular formula is C21H32N2O6. The number of hydrogen-bond donors (Lipinski definition) is 3. The Labute approximate surface area is 171 Å². The molecule has 2 unspecified atom stereocenters. The quantitative estimate of drug-likeness (QED) is 0.617. The molecule has 2 atom stereocenters. The van der Waals surface area contributed by atoms with E-state index in [1.54, 1.807) is 0 Å². The first-order valence-electron chi connectivity index (χ1n) is 9.91. The monoisotopic (exact) mass is 408 g/mol. The molecule has 8 heteroatoms. The molecule has 8 nitrogen and oxygen atoms in total. The number of nitrogens with zero attached hydrogens (tertiary/aromatic N) is 1.